The normalized spacial score (nSPS) is 10.4. The van der Waals surface area contributed by atoms with Crippen molar-refractivity contribution in [1.29, 1.82) is 0 Å². The molecule has 2 amide bonds. The van der Waals surface area contributed by atoms with Crippen LogP contribution >= 0.6 is 23.4 Å². The van der Waals surface area contributed by atoms with Gasteiger partial charge in [0.25, 0.3) is 5.91 Å². The van der Waals surface area contributed by atoms with Crippen LogP contribution in [0.15, 0.2) is 60.0 Å². The molecule has 1 heterocycles. The minimum absolute atomic E-state index is 0.0629. The molecule has 0 aliphatic heterocycles. The van der Waals surface area contributed by atoms with E-state index < -0.39 is 5.91 Å². The zero-order chi connectivity index (χ0) is 19.2. The van der Waals surface area contributed by atoms with Crippen LogP contribution in [0.3, 0.4) is 0 Å². The van der Waals surface area contributed by atoms with Crippen LogP contribution in [0.5, 0.6) is 0 Å². The van der Waals surface area contributed by atoms with E-state index in [1.165, 1.54) is 11.8 Å². The summed E-state index contributed by atoms with van der Waals surface area (Å²) < 4.78 is 1.82. The van der Waals surface area contributed by atoms with Gasteiger partial charge in [-0.25, -0.2) is 0 Å². The lowest BCUT2D eigenvalue weighted by Crippen LogP contribution is -2.42. The molecule has 7 nitrogen and oxygen atoms in total. The van der Waals surface area contributed by atoms with Crippen LogP contribution in [0.4, 0.5) is 0 Å². The van der Waals surface area contributed by atoms with E-state index in [0.717, 1.165) is 11.3 Å². The largest absolute Gasteiger partial charge is 0.276 e. The zero-order valence-corrected chi connectivity index (χ0v) is 15.9. The number of carbonyl (C=O) groups is 2. The molecule has 9 heteroatoms. The molecule has 0 saturated heterocycles. The highest BCUT2D eigenvalue weighted by Crippen LogP contribution is 2.21. The molecule has 3 rings (SSSR count). The minimum atomic E-state index is -0.484. The Morgan fingerprint density at radius 2 is 1.85 bits per heavy atom. The van der Waals surface area contributed by atoms with Gasteiger partial charge < -0.3 is 0 Å². The van der Waals surface area contributed by atoms with Gasteiger partial charge in [0.2, 0.25) is 5.91 Å². The van der Waals surface area contributed by atoms with Gasteiger partial charge in [0, 0.05) is 0 Å². The topological polar surface area (TPSA) is 88.9 Å². The molecular weight excluding hydrogens is 386 g/mol. The molecule has 27 heavy (non-hydrogen) atoms. The number of rotatable bonds is 5. The number of nitrogens with one attached hydrogen (secondary N) is 2. The van der Waals surface area contributed by atoms with Gasteiger partial charge in [-0.1, -0.05) is 53.7 Å². The Kier molecular flexibility index (Phi) is 6.10. The number of thioether (sulfide) groups is 1. The van der Waals surface area contributed by atoms with Crippen molar-refractivity contribution in [2.24, 2.45) is 0 Å². The minimum Gasteiger partial charge on any atom is -0.276 e. The average Bonchev–Trinajstić information content (AvgIpc) is 3.13. The van der Waals surface area contributed by atoms with Crippen LogP contribution < -0.4 is 10.9 Å². The lowest BCUT2D eigenvalue weighted by Gasteiger charge is -2.10. The molecule has 3 aromatic rings. The van der Waals surface area contributed by atoms with E-state index in [4.69, 9.17) is 11.6 Å². The second-order valence-corrected chi connectivity index (χ2v) is 6.89. The molecular formula is C18H16ClN5O2S. The average molecular weight is 402 g/mol. The first-order valence-electron chi connectivity index (χ1n) is 7.99. The van der Waals surface area contributed by atoms with Crippen molar-refractivity contribution in [2.75, 3.05) is 5.75 Å². The fourth-order valence-electron chi connectivity index (χ4n) is 2.33. The second kappa shape index (κ2) is 8.70. The summed E-state index contributed by atoms with van der Waals surface area (Å²) in [5.41, 5.74) is 7.00. The van der Waals surface area contributed by atoms with Gasteiger partial charge in [-0.05, 0) is 30.7 Å². The molecule has 0 radical (unpaired) electrons. The van der Waals surface area contributed by atoms with Crippen LogP contribution in [-0.2, 0) is 4.79 Å². The van der Waals surface area contributed by atoms with E-state index in [1.54, 1.807) is 30.6 Å². The van der Waals surface area contributed by atoms with Crippen LogP contribution in [0.25, 0.3) is 5.69 Å². The Morgan fingerprint density at radius 1 is 1.11 bits per heavy atom. The highest BCUT2D eigenvalue weighted by atomic mass is 35.5. The standard InChI is InChI=1S/C18H16ClN5O2S/c1-12-6-2-5-9-15(12)24-11-20-23-18(24)27-10-16(25)21-22-17(26)13-7-3-4-8-14(13)19/h2-9,11H,10H2,1H3,(H,21,25)(H,22,26). The van der Waals surface area contributed by atoms with Gasteiger partial charge in [-0.3, -0.25) is 25.0 Å². The quantitative estimate of drug-likeness (QED) is 0.507. The predicted molar refractivity (Wildman–Crippen MR) is 104 cm³/mol. The number of hydrogen-bond acceptors (Lipinski definition) is 5. The van der Waals surface area contributed by atoms with Crippen molar-refractivity contribution < 1.29 is 9.59 Å². The number of nitrogens with zero attached hydrogens (tertiary/aromatic N) is 3. The molecule has 0 spiro atoms. The zero-order valence-electron chi connectivity index (χ0n) is 14.3. The van der Waals surface area contributed by atoms with E-state index in [0.29, 0.717) is 10.2 Å². The molecule has 0 unspecified atom stereocenters. The molecule has 0 saturated carbocycles. The molecule has 0 fully saturated rings. The third kappa shape index (κ3) is 4.66. The predicted octanol–water partition coefficient (Wildman–Crippen LogP) is 2.78. The Morgan fingerprint density at radius 3 is 2.63 bits per heavy atom. The number of carbonyl (C=O) groups excluding carboxylic acids is 2. The third-order valence-electron chi connectivity index (χ3n) is 3.66. The summed E-state index contributed by atoms with van der Waals surface area (Å²) in [5, 5.41) is 8.86. The van der Waals surface area contributed by atoms with Crippen LogP contribution in [0.2, 0.25) is 5.02 Å². The Hall–Kier alpha value is -2.84. The number of amides is 2. The van der Waals surface area contributed by atoms with E-state index in [-0.39, 0.29) is 17.2 Å². The summed E-state index contributed by atoms with van der Waals surface area (Å²) in [5.74, 6) is -0.797. The first kappa shape index (κ1) is 18.9. The van der Waals surface area contributed by atoms with E-state index >= 15 is 0 Å². The Balaban J connectivity index is 1.56. The maximum atomic E-state index is 12.0. The smallest absolute Gasteiger partial charge is 0.271 e. The second-order valence-electron chi connectivity index (χ2n) is 5.54. The van der Waals surface area contributed by atoms with E-state index in [9.17, 15) is 9.59 Å². The molecule has 0 atom stereocenters. The summed E-state index contributed by atoms with van der Waals surface area (Å²) in [6, 6.07) is 14.4. The molecule has 2 aromatic carbocycles. The van der Waals surface area contributed by atoms with Crippen molar-refractivity contribution in [3.8, 4) is 5.69 Å². The van der Waals surface area contributed by atoms with Gasteiger partial charge in [-0.15, -0.1) is 10.2 Å². The fraction of sp³-hybridized carbons (Fsp3) is 0.111. The van der Waals surface area contributed by atoms with Crippen LogP contribution in [0, 0.1) is 6.92 Å². The van der Waals surface area contributed by atoms with Crippen molar-refractivity contribution >= 4 is 35.2 Å². The highest BCUT2D eigenvalue weighted by Gasteiger charge is 2.13. The first-order valence-corrected chi connectivity index (χ1v) is 9.35. The number of para-hydroxylation sites is 1. The number of hydrazine groups is 1. The monoisotopic (exact) mass is 401 g/mol. The van der Waals surface area contributed by atoms with Gasteiger partial charge in [0.05, 0.1) is 22.0 Å². The highest BCUT2D eigenvalue weighted by molar-refractivity contribution is 7.99. The molecule has 0 aliphatic rings. The molecule has 0 bridgehead atoms. The van der Waals surface area contributed by atoms with Crippen molar-refractivity contribution in [2.45, 2.75) is 12.1 Å². The first-order chi connectivity index (χ1) is 13.1. The summed E-state index contributed by atoms with van der Waals surface area (Å²) in [6.07, 6.45) is 1.60. The lowest BCUT2D eigenvalue weighted by atomic mass is 10.2. The van der Waals surface area contributed by atoms with E-state index in [1.807, 2.05) is 35.8 Å². The maximum Gasteiger partial charge on any atom is 0.271 e. The molecule has 1 aromatic heterocycles. The Labute approximate surface area is 165 Å². The summed E-state index contributed by atoms with van der Waals surface area (Å²) in [4.78, 5) is 24.1. The number of aromatic nitrogens is 3. The van der Waals surface area contributed by atoms with Gasteiger partial charge in [0.1, 0.15) is 6.33 Å². The number of benzene rings is 2. The summed E-state index contributed by atoms with van der Waals surface area (Å²) in [6.45, 7) is 1.99. The molecule has 0 aliphatic carbocycles. The Bertz CT molecular complexity index is 976. The number of hydrogen-bond donors (Lipinski definition) is 2. The fourth-order valence-corrected chi connectivity index (χ4v) is 3.27. The van der Waals surface area contributed by atoms with Gasteiger partial charge in [-0.2, -0.15) is 0 Å². The van der Waals surface area contributed by atoms with Crippen molar-refractivity contribution in [1.82, 2.24) is 25.6 Å². The summed E-state index contributed by atoms with van der Waals surface area (Å²) >= 11 is 7.17. The molecule has 138 valence electrons. The third-order valence-corrected chi connectivity index (χ3v) is 4.93. The summed E-state index contributed by atoms with van der Waals surface area (Å²) in [7, 11) is 0. The SMILES string of the molecule is Cc1ccccc1-n1cnnc1SCC(=O)NNC(=O)c1ccccc1Cl. The van der Waals surface area contributed by atoms with Crippen molar-refractivity contribution in [3.63, 3.8) is 0 Å². The number of halogens is 1. The number of aryl methyl sites for hydroxylation is 1. The van der Waals surface area contributed by atoms with Gasteiger partial charge >= 0.3 is 0 Å². The maximum absolute atomic E-state index is 12.0. The van der Waals surface area contributed by atoms with E-state index in [2.05, 4.69) is 21.0 Å². The van der Waals surface area contributed by atoms with Crippen LogP contribution in [-0.4, -0.2) is 32.3 Å². The van der Waals surface area contributed by atoms with Crippen LogP contribution in [0.1, 0.15) is 15.9 Å². The lowest BCUT2D eigenvalue weighted by molar-refractivity contribution is -0.119. The molecule has 2 N–H and O–H groups in total. The van der Waals surface area contributed by atoms with Gasteiger partial charge in [0.15, 0.2) is 5.16 Å². The van der Waals surface area contributed by atoms with Crippen molar-refractivity contribution in [3.05, 3.63) is 71.0 Å².